The van der Waals surface area contributed by atoms with Crippen molar-refractivity contribution in [2.45, 2.75) is 17.1 Å². The van der Waals surface area contributed by atoms with Gasteiger partial charge in [0.25, 0.3) is 5.91 Å². The zero-order valence-corrected chi connectivity index (χ0v) is 16.8. The molecule has 2 aliphatic heterocycles. The van der Waals surface area contributed by atoms with Crippen molar-refractivity contribution in [3.63, 3.8) is 0 Å². The van der Waals surface area contributed by atoms with Gasteiger partial charge in [0, 0.05) is 53.8 Å². The topological polar surface area (TPSA) is 35.6 Å². The number of hydrogen-bond donors (Lipinski definition) is 1. The second-order valence-corrected chi connectivity index (χ2v) is 9.07. The average molecular weight is 388 g/mol. The van der Waals surface area contributed by atoms with E-state index in [0.29, 0.717) is 0 Å². The van der Waals surface area contributed by atoms with E-state index in [4.69, 9.17) is 0 Å². The zero-order valence-electron chi connectivity index (χ0n) is 15.2. The summed E-state index contributed by atoms with van der Waals surface area (Å²) in [6.07, 6.45) is 1.01. The molecule has 2 aromatic rings. The SMILES string of the molecule is CN1CCN(CCCNC(=O)c2cc3c(s2)-c2ccccc2SC3)CC1. The van der Waals surface area contributed by atoms with Gasteiger partial charge in [-0.25, -0.2) is 0 Å². The number of nitrogens with one attached hydrogen (secondary N) is 1. The third-order valence-corrected chi connectivity index (χ3v) is 7.41. The first-order valence-corrected chi connectivity index (χ1v) is 11.0. The summed E-state index contributed by atoms with van der Waals surface area (Å²) in [5, 5.41) is 3.11. The lowest BCUT2D eigenvalue weighted by Gasteiger charge is -2.32. The number of carbonyl (C=O) groups is 1. The van der Waals surface area contributed by atoms with Crippen molar-refractivity contribution >= 4 is 29.0 Å². The van der Waals surface area contributed by atoms with Crippen molar-refractivity contribution in [2.75, 3.05) is 46.3 Å². The van der Waals surface area contributed by atoms with E-state index in [0.717, 1.165) is 56.3 Å². The predicted molar refractivity (Wildman–Crippen MR) is 110 cm³/mol. The van der Waals surface area contributed by atoms with E-state index in [-0.39, 0.29) is 5.91 Å². The number of thioether (sulfide) groups is 1. The van der Waals surface area contributed by atoms with Crippen LogP contribution < -0.4 is 5.32 Å². The molecule has 0 atom stereocenters. The van der Waals surface area contributed by atoms with Crippen LogP contribution in [0.25, 0.3) is 10.4 Å². The number of likely N-dealkylation sites (N-methyl/N-ethyl adjacent to an activating group) is 1. The predicted octanol–water partition coefficient (Wildman–Crippen LogP) is 3.39. The molecule has 1 aromatic heterocycles. The standard InChI is InChI=1S/C20H25N3OS2/c1-22-9-11-23(12-10-22)8-4-7-21-20(24)18-13-15-14-25-17-6-3-2-5-16(17)19(15)26-18/h2-3,5-6,13H,4,7-12,14H2,1H3,(H,21,24). The van der Waals surface area contributed by atoms with Crippen molar-refractivity contribution in [1.29, 1.82) is 0 Å². The summed E-state index contributed by atoms with van der Waals surface area (Å²) in [6.45, 7) is 6.38. The van der Waals surface area contributed by atoms with Gasteiger partial charge >= 0.3 is 0 Å². The van der Waals surface area contributed by atoms with Crippen LogP contribution in [-0.2, 0) is 5.75 Å². The van der Waals surface area contributed by atoms with Crippen LogP contribution in [0.4, 0.5) is 0 Å². The van der Waals surface area contributed by atoms with Gasteiger partial charge < -0.3 is 15.1 Å². The van der Waals surface area contributed by atoms with Gasteiger partial charge in [0.1, 0.15) is 0 Å². The fourth-order valence-electron chi connectivity index (χ4n) is 3.47. The molecule has 6 heteroatoms. The van der Waals surface area contributed by atoms with Crippen LogP contribution in [-0.4, -0.2) is 62.0 Å². The van der Waals surface area contributed by atoms with Gasteiger partial charge in [0.05, 0.1) is 4.88 Å². The number of carbonyl (C=O) groups excluding carboxylic acids is 1. The molecule has 0 radical (unpaired) electrons. The molecule has 1 saturated heterocycles. The third kappa shape index (κ3) is 3.98. The minimum absolute atomic E-state index is 0.0743. The first kappa shape index (κ1) is 18.0. The number of hydrogen-bond acceptors (Lipinski definition) is 5. The molecule has 4 nitrogen and oxygen atoms in total. The van der Waals surface area contributed by atoms with Crippen molar-refractivity contribution in [2.24, 2.45) is 0 Å². The van der Waals surface area contributed by atoms with Crippen LogP contribution in [0.2, 0.25) is 0 Å². The molecule has 138 valence electrons. The van der Waals surface area contributed by atoms with E-state index >= 15 is 0 Å². The second kappa shape index (κ2) is 8.13. The smallest absolute Gasteiger partial charge is 0.261 e. The minimum Gasteiger partial charge on any atom is -0.351 e. The van der Waals surface area contributed by atoms with Crippen LogP contribution in [0, 0.1) is 0 Å². The summed E-state index contributed by atoms with van der Waals surface area (Å²) >= 11 is 3.49. The number of fused-ring (bicyclic) bond motifs is 3. The molecule has 26 heavy (non-hydrogen) atoms. The Bertz CT molecular complexity index is 781. The van der Waals surface area contributed by atoms with Crippen molar-refractivity contribution < 1.29 is 4.79 Å². The molecule has 0 spiro atoms. The number of thiophene rings is 1. The fraction of sp³-hybridized carbons (Fsp3) is 0.450. The summed E-state index contributed by atoms with van der Waals surface area (Å²) in [7, 11) is 2.18. The van der Waals surface area contributed by atoms with E-state index < -0.39 is 0 Å². The van der Waals surface area contributed by atoms with Crippen molar-refractivity contribution in [3.05, 3.63) is 40.8 Å². The summed E-state index contributed by atoms with van der Waals surface area (Å²) in [6, 6.07) is 10.6. The fourth-order valence-corrected chi connectivity index (χ4v) is 5.81. The summed E-state index contributed by atoms with van der Waals surface area (Å²) in [4.78, 5) is 20.8. The van der Waals surface area contributed by atoms with Gasteiger partial charge in [0.2, 0.25) is 0 Å². The van der Waals surface area contributed by atoms with Crippen LogP contribution in [0.3, 0.4) is 0 Å². The first-order chi connectivity index (χ1) is 12.7. The highest BCUT2D eigenvalue weighted by atomic mass is 32.2. The average Bonchev–Trinajstić information content (AvgIpc) is 3.11. The van der Waals surface area contributed by atoms with Gasteiger partial charge in [0.15, 0.2) is 0 Å². The lowest BCUT2D eigenvalue weighted by molar-refractivity contribution is 0.0953. The van der Waals surface area contributed by atoms with Gasteiger partial charge in [-0.3, -0.25) is 4.79 Å². The van der Waals surface area contributed by atoms with Gasteiger partial charge in [-0.2, -0.15) is 0 Å². The lowest BCUT2D eigenvalue weighted by Crippen LogP contribution is -2.45. The molecule has 4 rings (SSSR count). The molecule has 1 fully saturated rings. The highest BCUT2D eigenvalue weighted by molar-refractivity contribution is 7.98. The van der Waals surface area contributed by atoms with Gasteiger partial charge in [-0.05, 0) is 37.7 Å². The van der Waals surface area contributed by atoms with Crippen LogP contribution >= 0.6 is 23.1 Å². The van der Waals surface area contributed by atoms with E-state index in [1.165, 1.54) is 20.9 Å². The second-order valence-electron chi connectivity index (χ2n) is 7.00. The molecule has 0 aliphatic carbocycles. The van der Waals surface area contributed by atoms with Crippen LogP contribution in [0.5, 0.6) is 0 Å². The Morgan fingerprint density at radius 3 is 2.85 bits per heavy atom. The third-order valence-electron chi connectivity index (χ3n) is 5.08. The molecule has 0 bridgehead atoms. The van der Waals surface area contributed by atoms with E-state index in [9.17, 15) is 4.79 Å². The monoisotopic (exact) mass is 387 g/mol. The molecule has 1 amide bonds. The Kier molecular flexibility index (Phi) is 5.64. The number of amides is 1. The molecule has 0 saturated carbocycles. The largest absolute Gasteiger partial charge is 0.351 e. The molecule has 1 N–H and O–H groups in total. The Labute approximate surface area is 163 Å². The molecule has 1 aromatic carbocycles. The number of piperazine rings is 1. The van der Waals surface area contributed by atoms with Gasteiger partial charge in [-0.15, -0.1) is 23.1 Å². The van der Waals surface area contributed by atoms with E-state index in [1.807, 2.05) is 11.8 Å². The maximum absolute atomic E-state index is 12.5. The van der Waals surface area contributed by atoms with E-state index in [1.54, 1.807) is 11.3 Å². The summed E-state index contributed by atoms with van der Waals surface area (Å²) in [5.41, 5.74) is 2.57. The first-order valence-electron chi connectivity index (χ1n) is 9.25. The molecule has 3 heterocycles. The van der Waals surface area contributed by atoms with Crippen LogP contribution in [0.1, 0.15) is 21.7 Å². The maximum Gasteiger partial charge on any atom is 0.261 e. The maximum atomic E-state index is 12.5. The Hall–Kier alpha value is -1.34. The molecule has 2 aliphatic rings. The quantitative estimate of drug-likeness (QED) is 0.798. The highest BCUT2D eigenvalue weighted by Crippen LogP contribution is 2.45. The van der Waals surface area contributed by atoms with Crippen molar-refractivity contribution in [3.8, 4) is 10.4 Å². The Balaban J connectivity index is 1.30. The molecular formula is C20H25N3OS2. The van der Waals surface area contributed by atoms with Crippen LogP contribution in [0.15, 0.2) is 35.2 Å². The zero-order chi connectivity index (χ0) is 17.9. The summed E-state index contributed by atoms with van der Waals surface area (Å²) in [5.74, 6) is 1.03. The number of nitrogens with zero attached hydrogens (tertiary/aromatic N) is 2. The Morgan fingerprint density at radius 1 is 1.19 bits per heavy atom. The molecular weight excluding hydrogens is 362 g/mol. The van der Waals surface area contributed by atoms with E-state index in [2.05, 4.69) is 52.5 Å². The Morgan fingerprint density at radius 2 is 2.00 bits per heavy atom. The number of rotatable bonds is 5. The van der Waals surface area contributed by atoms with Gasteiger partial charge in [-0.1, -0.05) is 18.2 Å². The minimum atomic E-state index is 0.0743. The molecule has 0 unspecified atom stereocenters. The van der Waals surface area contributed by atoms with Crippen molar-refractivity contribution in [1.82, 2.24) is 15.1 Å². The lowest BCUT2D eigenvalue weighted by atomic mass is 10.1. The highest BCUT2D eigenvalue weighted by Gasteiger charge is 2.21. The normalized spacial score (nSPS) is 17.6. The number of benzene rings is 1. The summed E-state index contributed by atoms with van der Waals surface area (Å²) < 4.78 is 0.